The summed E-state index contributed by atoms with van der Waals surface area (Å²) in [4.78, 5) is 14.8. The number of aliphatic hydroxyl groups excluding tert-OH is 1. The molecule has 1 atom stereocenters. The molecule has 0 saturated heterocycles. The normalized spacial score (nSPS) is 11.9. The highest BCUT2D eigenvalue weighted by Crippen LogP contribution is 2.11. The number of carbonyl (C=O) groups is 1. The second-order valence-electron chi connectivity index (χ2n) is 3.66. The lowest BCUT2D eigenvalue weighted by Gasteiger charge is -2.11. The molecule has 0 fully saturated rings. The fourth-order valence-electron chi connectivity index (χ4n) is 1.21. The Labute approximate surface area is 100 Å². The molecule has 0 saturated carbocycles. The third-order valence-electron chi connectivity index (χ3n) is 2.14. The predicted octanol–water partition coefficient (Wildman–Crippen LogP) is 0.162. The molecular formula is C11H18N4O2. The molecule has 1 aromatic rings. The molecule has 1 amide bonds. The number of primary amides is 1. The van der Waals surface area contributed by atoms with E-state index in [1.54, 1.807) is 12.3 Å². The van der Waals surface area contributed by atoms with Gasteiger partial charge >= 0.3 is 0 Å². The van der Waals surface area contributed by atoms with Gasteiger partial charge in [-0.1, -0.05) is 6.92 Å². The molecule has 5 N–H and O–H groups in total. The number of aliphatic hydroxyl groups is 1. The van der Waals surface area contributed by atoms with Gasteiger partial charge in [-0.15, -0.1) is 0 Å². The molecule has 0 spiro atoms. The second kappa shape index (κ2) is 6.70. The third kappa shape index (κ3) is 4.69. The summed E-state index contributed by atoms with van der Waals surface area (Å²) < 4.78 is 0. The molecule has 0 radical (unpaired) electrons. The van der Waals surface area contributed by atoms with E-state index in [-0.39, 0.29) is 6.54 Å². The zero-order valence-electron chi connectivity index (χ0n) is 9.81. The monoisotopic (exact) mass is 238 g/mol. The van der Waals surface area contributed by atoms with Gasteiger partial charge < -0.3 is 21.5 Å². The number of rotatable bonds is 7. The van der Waals surface area contributed by atoms with Crippen molar-refractivity contribution in [1.29, 1.82) is 0 Å². The summed E-state index contributed by atoms with van der Waals surface area (Å²) in [5.74, 6) is 0.0151. The van der Waals surface area contributed by atoms with Gasteiger partial charge in [0, 0.05) is 31.0 Å². The van der Waals surface area contributed by atoms with Crippen molar-refractivity contribution in [3.8, 4) is 0 Å². The third-order valence-corrected chi connectivity index (χ3v) is 2.14. The van der Waals surface area contributed by atoms with Gasteiger partial charge in [-0.3, -0.25) is 4.79 Å². The summed E-state index contributed by atoms with van der Waals surface area (Å²) in [6, 6.07) is 3.56. The minimum atomic E-state index is -1.18. The summed E-state index contributed by atoms with van der Waals surface area (Å²) in [5, 5.41) is 15.3. The smallest absolute Gasteiger partial charge is 0.248 e. The second-order valence-corrected chi connectivity index (χ2v) is 3.66. The average molecular weight is 238 g/mol. The Balaban J connectivity index is 2.50. The Morgan fingerprint density at radius 2 is 2.35 bits per heavy atom. The van der Waals surface area contributed by atoms with Crippen LogP contribution in [0.5, 0.6) is 0 Å². The van der Waals surface area contributed by atoms with Gasteiger partial charge in [-0.2, -0.15) is 0 Å². The Bertz CT molecular complexity index is 370. The number of hydrogen-bond donors (Lipinski definition) is 4. The summed E-state index contributed by atoms with van der Waals surface area (Å²) in [7, 11) is 0. The maximum atomic E-state index is 10.6. The van der Waals surface area contributed by atoms with Crippen molar-refractivity contribution in [3.05, 3.63) is 18.3 Å². The first-order valence-corrected chi connectivity index (χ1v) is 5.54. The first kappa shape index (κ1) is 13.2. The summed E-state index contributed by atoms with van der Waals surface area (Å²) in [5.41, 5.74) is 5.72. The van der Waals surface area contributed by atoms with Crippen molar-refractivity contribution in [2.24, 2.45) is 5.73 Å². The van der Waals surface area contributed by atoms with E-state index in [4.69, 9.17) is 5.73 Å². The molecular weight excluding hydrogens is 220 g/mol. The molecule has 0 aromatic carbocycles. The Morgan fingerprint density at radius 3 is 3.00 bits per heavy atom. The maximum Gasteiger partial charge on any atom is 0.248 e. The van der Waals surface area contributed by atoms with E-state index < -0.39 is 12.0 Å². The number of anilines is 2. The van der Waals surface area contributed by atoms with Crippen LogP contribution in [-0.2, 0) is 4.79 Å². The number of aromatic nitrogens is 1. The molecule has 1 unspecified atom stereocenters. The lowest BCUT2D eigenvalue weighted by molar-refractivity contribution is -0.125. The van der Waals surface area contributed by atoms with Gasteiger partial charge in [0.2, 0.25) is 5.91 Å². The van der Waals surface area contributed by atoms with Crippen molar-refractivity contribution in [2.45, 2.75) is 19.4 Å². The largest absolute Gasteiger partial charge is 0.382 e. The quantitative estimate of drug-likeness (QED) is 0.542. The van der Waals surface area contributed by atoms with Gasteiger partial charge in [0.25, 0.3) is 0 Å². The molecule has 6 heteroatoms. The number of pyridine rings is 1. The molecule has 1 rings (SSSR count). The minimum Gasteiger partial charge on any atom is -0.382 e. The fourth-order valence-corrected chi connectivity index (χ4v) is 1.21. The number of carbonyl (C=O) groups excluding carboxylic acids is 1. The van der Waals surface area contributed by atoms with E-state index in [0.29, 0.717) is 0 Å². The highest BCUT2D eigenvalue weighted by molar-refractivity contribution is 5.79. The molecule has 6 nitrogen and oxygen atoms in total. The van der Waals surface area contributed by atoms with Crippen LogP contribution in [0.15, 0.2) is 18.3 Å². The maximum absolute atomic E-state index is 10.6. The van der Waals surface area contributed by atoms with Crippen LogP contribution in [0.3, 0.4) is 0 Å². The molecule has 0 aliphatic rings. The van der Waals surface area contributed by atoms with E-state index in [0.717, 1.165) is 24.5 Å². The van der Waals surface area contributed by atoms with Crippen molar-refractivity contribution < 1.29 is 9.90 Å². The van der Waals surface area contributed by atoms with Crippen LogP contribution in [0.25, 0.3) is 0 Å². The van der Waals surface area contributed by atoms with Crippen molar-refractivity contribution in [2.75, 3.05) is 23.7 Å². The van der Waals surface area contributed by atoms with Crippen molar-refractivity contribution in [1.82, 2.24) is 4.98 Å². The highest BCUT2D eigenvalue weighted by Gasteiger charge is 2.09. The highest BCUT2D eigenvalue weighted by atomic mass is 16.3. The summed E-state index contributed by atoms with van der Waals surface area (Å²) in [6.45, 7) is 3.01. The van der Waals surface area contributed by atoms with Crippen molar-refractivity contribution in [3.63, 3.8) is 0 Å². The Morgan fingerprint density at radius 1 is 1.59 bits per heavy atom. The topological polar surface area (TPSA) is 100 Å². The summed E-state index contributed by atoms with van der Waals surface area (Å²) >= 11 is 0. The van der Waals surface area contributed by atoms with Crippen molar-refractivity contribution >= 4 is 17.4 Å². The van der Waals surface area contributed by atoms with Gasteiger partial charge in [-0.25, -0.2) is 4.98 Å². The fraction of sp³-hybridized carbons (Fsp3) is 0.455. The Hall–Kier alpha value is -1.82. The Kier molecular flexibility index (Phi) is 5.22. The van der Waals surface area contributed by atoms with Gasteiger partial charge in [0.05, 0.1) is 0 Å². The van der Waals surface area contributed by atoms with Crippen LogP contribution in [0, 0.1) is 0 Å². The first-order valence-electron chi connectivity index (χ1n) is 5.54. The van der Waals surface area contributed by atoms with E-state index in [1.807, 2.05) is 6.07 Å². The van der Waals surface area contributed by atoms with E-state index >= 15 is 0 Å². The van der Waals surface area contributed by atoms with Crippen LogP contribution in [-0.4, -0.2) is 35.2 Å². The molecule has 1 aromatic heterocycles. The van der Waals surface area contributed by atoms with Crippen LogP contribution in [0.1, 0.15) is 13.3 Å². The molecule has 17 heavy (non-hydrogen) atoms. The van der Waals surface area contributed by atoms with Gasteiger partial charge in [0.15, 0.2) is 0 Å². The number of nitrogens with zero attached hydrogens (tertiary/aromatic N) is 1. The molecule has 0 aliphatic carbocycles. The molecule has 0 aliphatic heterocycles. The lowest BCUT2D eigenvalue weighted by atomic mass is 10.3. The zero-order chi connectivity index (χ0) is 12.7. The average Bonchev–Trinajstić information content (AvgIpc) is 2.33. The van der Waals surface area contributed by atoms with Crippen LogP contribution in [0.2, 0.25) is 0 Å². The van der Waals surface area contributed by atoms with Crippen LogP contribution < -0.4 is 16.4 Å². The number of nitrogens with one attached hydrogen (secondary N) is 2. The van der Waals surface area contributed by atoms with Gasteiger partial charge in [-0.05, 0) is 12.5 Å². The summed E-state index contributed by atoms with van der Waals surface area (Å²) in [6.07, 6.45) is 1.48. The van der Waals surface area contributed by atoms with E-state index in [9.17, 15) is 9.90 Å². The molecule has 94 valence electrons. The zero-order valence-corrected chi connectivity index (χ0v) is 9.81. The number of amides is 1. The SMILES string of the molecule is CCCNc1cc(NCC(O)C(N)=O)ccn1. The standard InChI is InChI=1S/C11H18N4O2/c1-2-4-13-10-6-8(3-5-14-10)15-7-9(16)11(12)17/h3,5-6,9,16H,2,4,7H2,1H3,(H2,12,17)(H2,13,14,15). The van der Waals surface area contributed by atoms with Crippen LogP contribution >= 0.6 is 0 Å². The predicted molar refractivity (Wildman–Crippen MR) is 66.7 cm³/mol. The number of nitrogens with two attached hydrogens (primary N) is 1. The lowest BCUT2D eigenvalue weighted by Crippen LogP contribution is -2.34. The molecule has 1 heterocycles. The number of hydrogen-bond acceptors (Lipinski definition) is 5. The van der Waals surface area contributed by atoms with E-state index in [1.165, 1.54) is 0 Å². The van der Waals surface area contributed by atoms with Gasteiger partial charge in [0.1, 0.15) is 11.9 Å². The van der Waals surface area contributed by atoms with Crippen LogP contribution in [0.4, 0.5) is 11.5 Å². The first-order chi connectivity index (χ1) is 8.13. The van der Waals surface area contributed by atoms with E-state index in [2.05, 4.69) is 22.5 Å². The minimum absolute atomic E-state index is 0.0898. The molecule has 0 bridgehead atoms.